The van der Waals surface area contributed by atoms with Gasteiger partial charge in [-0.1, -0.05) is 29.8 Å². The number of pyridine rings is 1. The van der Waals surface area contributed by atoms with Crippen molar-refractivity contribution >= 4 is 34.7 Å². The summed E-state index contributed by atoms with van der Waals surface area (Å²) in [5, 5.41) is 4.14. The largest absolute Gasteiger partial charge is 0.445 e. The number of benzene rings is 1. The smallest absolute Gasteiger partial charge is 0.224 e. The van der Waals surface area contributed by atoms with Crippen LogP contribution in [-0.2, 0) is 17.8 Å². The van der Waals surface area contributed by atoms with E-state index in [1.807, 2.05) is 30.3 Å². The lowest BCUT2D eigenvalue weighted by molar-refractivity contribution is -0.120. The number of hydrogen-bond donors (Lipinski definition) is 2. The summed E-state index contributed by atoms with van der Waals surface area (Å²) in [6, 6.07) is 14.6. The molecule has 3 rings (SSSR count). The number of halogens is 1. The van der Waals surface area contributed by atoms with Gasteiger partial charge in [0.2, 0.25) is 5.91 Å². The number of amides is 1. The van der Waals surface area contributed by atoms with E-state index in [9.17, 15) is 4.79 Å². The van der Waals surface area contributed by atoms with Gasteiger partial charge in [0, 0.05) is 16.6 Å². The third-order valence-corrected chi connectivity index (χ3v) is 4.70. The van der Waals surface area contributed by atoms with Crippen LogP contribution >= 0.6 is 22.9 Å². The first kappa shape index (κ1) is 17.3. The van der Waals surface area contributed by atoms with Crippen molar-refractivity contribution in [1.82, 2.24) is 10.3 Å². The highest BCUT2D eigenvalue weighted by molar-refractivity contribution is 7.13. The second-order valence-corrected chi connectivity index (χ2v) is 6.79. The molecule has 0 atom stereocenters. The summed E-state index contributed by atoms with van der Waals surface area (Å²) in [6.07, 6.45) is 1.80. The molecule has 2 heterocycles. The molecule has 3 N–H and O–H groups in total. The van der Waals surface area contributed by atoms with E-state index in [0.717, 1.165) is 4.88 Å². The number of para-hydroxylation sites is 1. The molecular weight excluding hydrogens is 358 g/mol. The summed E-state index contributed by atoms with van der Waals surface area (Å²) in [5.74, 6) is 0.875. The maximum atomic E-state index is 12.0. The predicted molar refractivity (Wildman–Crippen MR) is 100 cm³/mol. The molecule has 5 nitrogen and oxygen atoms in total. The van der Waals surface area contributed by atoms with Crippen molar-refractivity contribution in [3.8, 4) is 10.8 Å². The molecule has 0 saturated heterocycles. The number of rotatable bonds is 6. The average Bonchev–Trinajstić information content (AvgIpc) is 3.05. The number of thiophene rings is 1. The van der Waals surface area contributed by atoms with Gasteiger partial charge < -0.3 is 15.8 Å². The van der Waals surface area contributed by atoms with Gasteiger partial charge >= 0.3 is 0 Å². The quantitative estimate of drug-likeness (QED) is 0.683. The van der Waals surface area contributed by atoms with Gasteiger partial charge in [0.15, 0.2) is 5.06 Å². The molecule has 0 spiro atoms. The van der Waals surface area contributed by atoms with E-state index in [0.29, 0.717) is 33.8 Å². The number of hydrogen-bond acceptors (Lipinski definition) is 5. The van der Waals surface area contributed by atoms with Crippen molar-refractivity contribution < 1.29 is 9.53 Å². The molecule has 0 unspecified atom stereocenters. The Kier molecular flexibility index (Phi) is 5.53. The highest BCUT2D eigenvalue weighted by Gasteiger charge is 2.09. The summed E-state index contributed by atoms with van der Waals surface area (Å²) < 4.78 is 5.76. The Labute approximate surface area is 154 Å². The molecule has 0 aliphatic carbocycles. The zero-order valence-electron chi connectivity index (χ0n) is 13.2. The van der Waals surface area contributed by atoms with Gasteiger partial charge in [-0.3, -0.25) is 4.79 Å². The minimum atomic E-state index is -0.110. The minimum absolute atomic E-state index is 0.110. The molecular formula is C18H16ClN3O2S. The summed E-state index contributed by atoms with van der Waals surface area (Å²) in [6.45, 7) is 0.426. The van der Waals surface area contributed by atoms with Crippen LogP contribution in [-0.4, -0.2) is 10.9 Å². The summed E-state index contributed by atoms with van der Waals surface area (Å²) in [4.78, 5) is 17.0. The van der Waals surface area contributed by atoms with E-state index in [-0.39, 0.29) is 12.3 Å². The molecule has 1 amide bonds. The number of carbonyl (C=O) groups excluding carboxylic acids is 1. The van der Waals surface area contributed by atoms with Crippen molar-refractivity contribution in [3.63, 3.8) is 0 Å². The number of aromatic nitrogens is 1. The number of nitrogens with two attached hydrogens (primary N) is 1. The summed E-state index contributed by atoms with van der Waals surface area (Å²) >= 11 is 7.54. The number of nitrogens with one attached hydrogen (secondary N) is 1. The highest BCUT2D eigenvalue weighted by Crippen LogP contribution is 2.33. The molecule has 7 heteroatoms. The number of nitrogen functional groups attached to an aromatic ring is 1. The van der Waals surface area contributed by atoms with Gasteiger partial charge in [0.25, 0.3) is 0 Å². The van der Waals surface area contributed by atoms with Crippen LogP contribution in [0.25, 0.3) is 0 Å². The molecule has 3 aromatic rings. The van der Waals surface area contributed by atoms with Gasteiger partial charge in [0.05, 0.1) is 18.0 Å². The topological polar surface area (TPSA) is 77.2 Å². The SMILES string of the molecule is Nc1ncccc1CC(=O)NCc1ccc(Oc2ccccc2Cl)s1. The average molecular weight is 374 g/mol. The Morgan fingerprint density at radius 2 is 2.04 bits per heavy atom. The van der Waals surface area contributed by atoms with E-state index >= 15 is 0 Å². The predicted octanol–water partition coefficient (Wildman–Crippen LogP) is 4.03. The zero-order chi connectivity index (χ0) is 17.6. The third kappa shape index (κ3) is 4.71. The second-order valence-electron chi connectivity index (χ2n) is 5.25. The van der Waals surface area contributed by atoms with E-state index in [2.05, 4.69) is 10.3 Å². The number of ether oxygens (including phenoxy) is 1. The maximum Gasteiger partial charge on any atom is 0.224 e. The van der Waals surface area contributed by atoms with Crippen LogP contribution < -0.4 is 15.8 Å². The Hall–Kier alpha value is -2.57. The van der Waals surface area contributed by atoms with Crippen LogP contribution in [0.1, 0.15) is 10.4 Å². The van der Waals surface area contributed by atoms with Crippen LogP contribution in [0, 0.1) is 0 Å². The third-order valence-electron chi connectivity index (χ3n) is 3.42. The lowest BCUT2D eigenvalue weighted by Gasteiger charge is -2.06. The van der Waals surface area contributed by atoms with Gasteiger partial charge in [-0.15, -0.1) is 11.3 Å². The number of nitrogens with zero attached hydrogens (tertiary/aromatic N) is 1. The van der Waals surface area contributed by atoms with Crippen molar-refractivity contribution in [2.45, 2.75) is 13.0 Å². The van der Waals surface area contributed by atoms with Crippen LogP contribution in [0.2, 0.25) is 5.02 Å². The maximum absolute atomic E-state index is 12.0. The second kappa shape index (κ2) is 8.00. The van der Waals surface area contributed by atoms with E-state index < -0.39 is 0 Å². The molecule has 0 aliphatic rings. The molecule has 0 saturated carbocycles. The molecule has 0 bridgehead atoms. The van der Waals surface area contributed by atoms with Gasteiger partial charge in [-0.2, -0.15) is 0 Å². The van der Waals surface area contributed by atoms with Crippen molar-refractivity contribution in [3.05, 3.63) is 70.2 Å². The van der Waals surface area contributed by atoms with Crippen molar-refractivity contribution in [2.24, 2.45) is 0 Å². The Bertz CT molecular complexity index is 882. The van der Waals surface area contributed by atoms with Crippen LogP contribution in [0.15, 0.2) is 54.7 Å². The highest BCUT2D eigenvalue weighted by atomic mass is 35.5. The fraction of sp³-hybridized carbons (Fsp3) is 0.111. The fourth-order valence-corrected chi connectivity index (χ4v) is 3.15. The Balaban J connectivity index is 1.54. The lowest BCUT2D eigenvalue weighted by Crippen LogP contribution is -2.24. The molecule has 0 aliphatic heterocycles. The zero-order valence-corrected chi connectivity index (χ0v) is 14.8. The fourth-order valence-electron chi connectivity index (χ4n) is 2.17. The van der Waals surface area contributed by atoms with Crippen molar-refractivity contribution in [2.75, 3.05) is 5.73 Å². The minimum Gasteiger partial charge on any atom is -0.445 e. The van der Waals surface area contributed by atoms with Crippen molar-refractivity contribution in [1.29, 1.82) is 0 Å². The normalized spacial score (nSPS) is 10.4. The van der Waals surface area contributed by atoms with E-state index in [1.165, 1.54) is 11.3 Å². The van der Waals surface area contributed by atoms with Gasteiger partial charge in [-0.05, 0) is 30.3 Å². The molecule has 25 heavy (non-hydrogen) atoms. The number of carbonyl (C=O) groups is 1. The lowest BCUT2D eigenvalue weighted by atomic mass is 10.2. The summed E-state index contributed by atoms with van der Waals surface area (Å²) in [7, 11) is 0. The molecule has 0 radical (unpaired) electrons. The standard InChI is InChI=1S/C18H16ClN3O2S/c19-14-5-1-2-6-15(14)24-17-8-7-13(25-17)11-22-16(23)10-12-4-3-9-21-18(12)20/h1-9H,10-11H2,(H2,20,21)(H,22,23). The van der Waals surface area contributed by atoms with E-state index in [4.69, 9.17) is 22.1 Å². The molecule has 2 aromatic heterocycles. The molecule has 1 aromatic carbocycles. The Morgan fingerprint density at radius 1 is 1.20 bits per heavy atom. The Morgan fingerprint density at radius 3 is 2.84 bits per heavy atom. The monoisotopic (exact) mass is 373 g/mol. The van der Waals surface area contributed by atoms with Gasteiger partial charge in [0.1, 0.15) is 11.6 Å². The number of anilines is 1. The van der Waals surface area contributed by atoms with E-state index in [1.54, 1.807) is 24.4 Å². The van der Waals surface area contributed by atoms with Gasteiger partial charge in [-0.25, -0.2) is 4.98 Å². The first-order chi connectivity index (χ1) is 12.1. The summed E-state index contributed by atoms with van der Waals surface area (Å²) in [5.41, 5.74) is 6.47. The van der Waals surface area contributed by atoms with Crippen LogP contribution in [0.3, 0.4) is 0 Å². The first-order valence-electron chi connectivity index (χ1n) is 7.59. The van der Waals surface area contributed by atoms with Crippen LogP contribution in [0.4, 0.5) is 5.82 Å². The first-order valence-corrected chi connectivity index (χ1v) is 8.78. The van der Waals surface area contributed by atoms with Crippen LogP contribution in [0.5, 0.6) is 10.8 Å². The molecule has 128 valence electrons. The molecule has 0 fully saturated rings.